The summed E-state index contributed by atoms with van der Waals surface area (Å²) in [7, 11) is 0. The summed E-state index contributed by atoms with van der Waals surface area (Å²) in [5.41, 5.74) is -0.458. The maximum atomic E-state index is 13.6. The summed E-state index contributed by atoms with van der Waals surface area (Å²) < 4.78 is 56.5. The quantitative estimate of drug-likeness (QED) is 0.339. The normalized spacial score (nSPS) is 11.7. The number of aryl methyl sites for hydroxylation is 1. The number of benzene rings is 2. The minimum atomic E-state index is -4.98. The van der Waals surface area contributed by atoms with E-state index >= 15 is 0 Å². The second-order valence-electron chi connectivity index (χ2n) is 7.09. The minimum absolute atomic E-state index is 0.00659. The van der Waals surface area contributed by atoms with Crippen LogP contribution in [0.4, 0.5) is 13.2 Å². The van der Waals surface area contributed by atoms with Crippen molar-refractivity contribution in [2.75, 3.05) is 0 Å². The average molecular weight is 434 g/mol. The van der Waals surface area contributed by atoms with Crippen LogP contribution < -0.4 is 14.9 Å². The SMILES string of the molecule is CCC(CC)C(=O)Oc1ccc2c(=O)c(Oc3ccc(C)cc3)c(C(F)(F)F)oc2c1. The molecule has 3 rings (SSSR count). The largest absolute Gasteiger partial charge is 0.453 e. The Morgan fingerprint density at radius 3 is 2.23 bits per heavy atom. The molecule has 0 N–H and O–H groups in total. The highest BCUT2D eigenvalue weighted by Gasteiger charge is 2.40. The van der Waals surface area contributed by atoms with E-state index in [0.717, 1.165) is 11.6 Å². The van der Waals surface area contributed by atoms with Crippen LogP contribution in [0, 0.1) is 12.8 Å². The van der Waals surface area contributed by atoms with Crippen LogP contribution in [-0.4, -0.2) is 5.97 Å². The van der Waals surface area contributed by atoms with Crippen molar-refractivity contribution in [1.29, 1.82) is 0 Å². The molecule has 0 amide bonds. The van der Waals surface area contributed by atoms with E-state index in [0.29, 0.717) is 12.8 Å². The number of halogens is 3. The number of carbonyl (C=O) groups is 1. The Morgan fingerprint density at radius 1 is 1.03 bits per heavy atom. The molecule has 3 aromatic rings. The fourth-order valence-electron chi connectivity index (χ4n) is 3.04. The van der Waals surface area contributed by atoms with Gasteiger partial charge in [-0.1, -0.05) is 31.5 Å². The van der Waals surface area contributed by atoms with Crippen molar-refractivity contribution in [3.05, 3.63) is 64.0 Å². The molecule has 164 valence electrons. The number of hydrogen-bond acceptors (Lipinski definition) is 5. The second-order valence-corrected chi connectivity index (χ2v) is 7.09. The Balaban J connectivity index is 2.07. The van der Waals surface area contributed by atoms with Gasteiger partial charge in [-0.25, -0.2) is 0 Å². The van der Waals surface area contributed by atoms with Gasteiger partial charge in [-0.3, -0.25) is 9.59 Å². The van der Waals surface area contributed by atoms with Crippen molar-refractivity contribution in [2.24, 2.45) is 5.92 Å². The maximum Gasteiger partial charge on any atom is 0.453 e. The van der Waals surface area contributed by atoms with Crippen LogP contribution in [0.1, 0.15) is 38.0 Å². The van der Waals surface area contributed by atoms with Gasteiger partial charge in [-0.15, -0.1) is 0 Å². The zero-order valence-corrected chi connectivity index (χ0v) is 17.2. The predicted octanol–water partition coefficient (Wildman–Crippen LogP) is 6.25. The summed E-state index contributed by atoms with van der Waals surface area (Å²) in [4.78, 5) is 25.0. The summed E-state index contributed by atoms with van der Waals surface area (Å²) in [6.07, 6.45) is -3.85. The first-order valence-electron chi connectivity index (χ1n) is 9.78. The van der Waals surface area contributed by atoms with E-state index in [1.807, 2.05) is 20.8 Å². The number of fused-ring (bicyclic) bond motifs is 1. The lowest BCUT2D eigenvalue weighted by Gasteiger charge is -2.14. The highest BCUT2D eigenvalue weighted by atomic mass is 19.4. The molecule has 0 spiro atoms. The summed E-state index contributed by atoms with van der Waals surface area (Å²) in [6.45, 7) is 5.48. The molecule has 0 unspecified atom stereocenters. The van der Waals surface area contributed by atoms with Crippen LogP contribution in [0.3, 0.4) is 0 Å². The van der Waals surface area contributed by atoms with E-state index in [1.165, 1.54) is 24.3 Å². The molecule has 2 aromatic carbocycles. The Morgan fingerprint density at radius 2 is 1.65 bits per heavy atom. The molecule has 0 saturated carbocycles. The number of esters is 1. The summed E-state index contributed by atoms with van der Waals surface area (Å²) in [5, 5.41) is -0.127. The number of hydrogen-bond donors (Lipinski definition) is 0. The number of alkyl halides is 3. The van der Waals surface area contributed by atoms with Gasteiger partial charge >= 0.3 is 12.1 Å². The van der Waals surface area contributed by atoms with E-state index in [1.54, 1.807) is 12.1 Å². The van der Waals surface area contributed by atoms with Gasteiger partial charge in [0.1, 0.15) is 17.1 Å². The standard InChI is InChI=1S/C23H21F3O5/c1-4-14(5-2)22(28)30-16-10-11-17-18(12-16)31-21(23(24,25)26)20(19(17)27)29-15-8-6-13(3)7-9-15/h6-12,14H,4-5H2,1-3H3. The maximum absolute atomic E-state index is 13.6. The first-order chi connectivity index (χ1) is 14.6. The molecule has 0 atom stereocenters. The van der Waals surface area contributed by atoms with Gasteiger partial charge in [0.25, 0.3) is 5.76 Å². The van der Waals surface area contributed by atoms with Crippen LogP contribution in [0.5, 0.6) is 17.2 Å². The van der Waals surface area contributed by atoms with Crippen molar-refractivity contribution in [3.8, 4) is 17.2 Å². The van der Waals surface area contributed by atoms with E-state index in [2.05, 4.69) is 0 Å². The van der Waals surface area contributed by atoms with Gasteiger partial charge < -0.3 is 13.9 Å². The van der Waals surface area contributed by atoms with E-state index in [4.69, 9.17) is 13.9 Å². The van der Waals surface area contributed by atoms with Crippen LogP contribution in [0.15, 0.2) is 51.7 Å². The van der Waals surface area contributed by atoms with Gasteiger partial charge in [0.2, 0.25) is 11.2 Å². The summed E-state index contributed by atoms with van der Waals surface area (Å²) >= 11 is 0. The summed E-state index contributed by atoms with van der Waals surface area (Å²) in [6, 6.07) is 9.89. The lowest BCUT2D eigenvalue weighted by atomic mass is 10.0. The van der Waals surface area contributed by atoms with Crippen LogP contribution in [0.25, 0.3) is 11.0 Å². The molecule has 0 bridgehead atoms. The molecular formula is C23H21F3O5. The average Bonchev–Trinajstić information content (AvgIpc) is 2.71. The molecule has 5 nitrogen and oxygen atoms in total. The molecule has 31 heavy (non-hydrogen) atoms. The molecule has 0 aliphatic carbocycles. The monoisotopic (exact) mass is 434 g/mol. The highest BCUT2D eigenvalue weighted by molar-refractivity contribution is 5.82. The molecule has 1 heterocycles. The zero-order chi connectivity index (χ0) is 22.8. The predicted molar refractivity (Wildman–Crippen MR) is 108 cm³/mol. The second kappa shape index (κ2) is 8.83. The third-order valence-corrected chi connectivity index (χ3v) is 4.86. The van der Waals surface area contributed by atoms with E-state index in [9.17, 15) is 22.8 Å². The molecule has 0 aliphatic rings. The Kier molecular flexibility index (Phi) is 6.38. The first kappa shape index (κ1) is 22.4. The Labute approximate surface area is 176 Å². The molecular weight excluding hydrogens is 413 g/mol. The van der Waals surface area contributed by atoms with Gasteiger partial charge in [-0.2, -0.15) is 13.2 Å². The molecule has 1 aromatic heterocycles. The molecule has 0 aliphatic heterocycles. The minimum Gasteiger partial charge on any atom is -0.449 e. The third kappa shape index (κ3) is 4.90. The number of carbonyl (C=O) groups excluding carboxylic acids is 1. The summed E-state index contributed by atoms with van der Waals surface area (Å²) in [5.74, 6) is -3.29. The van der Waals surface area contributed by atoms with Crippen molar-refractivity contribution < 1.29 is 31.9 Å². The van der Waals surface area contributed by atoms with E-state index in [-0.39, 0.29) is 28.4 Å². The Bertz CT molecular complexity index is 1140. The van der Waals surface area contributed by atoms with Crippen molar-refractivity contribution >= 4 is 16.9 Å². The number of ether oxygens (including phenoxy) is 2. The fraction of sp³-hybridized carbons (Fsp3) is 0.304. The van der Waals surface area contributed by atoms with Gasteiger partial charge in [-0.05, 0) is 44.0 Å². The van der Waals surface area contributed by atoms with E-state index < -0.39 is 29.1 Å². The van der Waals surface area contributed by atoms with Gasteiger partial charge in [0.15, 0.2) is 0 Å². The van der Waals surface area contributed by atoms with Crippen LogP contribution in [0.2, 0.25) is 0 Å². The lowest BCUT2D eigenvalue weighted by molar-refractivity contribution is -0.154. The van der Waals surface area contributed by atoms with Crippen LogP contribution in [-0.2, 0) is 11.0 Å². The molecule has 0 fully saturated rings. The van der Waals surface area contributed by atoms with Crippen molar-refractivity contribution in [1.82, 2.24) is 0 Å². The van der Waals surface area contributed by atoms with Crippen LogP contribution >= 0.6 is 0 Å². The fourth-order valence-corrected chi connectivity index (χ4v) is 3.04. The van der Waals surface area contributed by atoms with Crippen molar-refractivity contribution in [3.63, 3.8) is 0 Å². The first-order valence-corrected chi connectivity index (χ1v) is 9.78. The smallest absolute Gasteiger partial charge is 0.449 e. The zero-order valence-electron chi connectivity index (χ0n) is 17.2. The topological polar surface area (TPSA) is 65.7 Å². The van der Waals surface area contributed by atoms with Gasteiger partial charge in [0, 0.05) is 6.07 Å². The van der Waals surface area contributed by atoms with Gasteiger partial charge in [0.05, 0.1) is 11.3 Å². The molecule has 0 radical (unpaired) electrons. The molecule has 8 heteroatoms. The lowest BCUT2D eigenvalue weighted by Crippen LogP contribution is -2.19. The Hall–Kier alpha value is -3.29. The third-order valence-electron chi connectivity index (χ3n) is 4.86. The highest BCUT2D eigenvalue weighted by Crippen LogP contribution is 2.38. The molecule has 0 saturated heterocycles. The number of rotatable bonds is 6. The van der Waals surface area contributed by atoms with Crippen molar-refractivity contribution in [2.45, 2.75) is 39.8 Å².